The van der Waals surface area contributed by atoms with Crippen molar-refractivity contribution >= 4 is 23.4 Å². The van der Waals surface area contributed by atoms with E-state index in [1.54, 1.807) is 4.90 Å². The van der Waals surface area contributed by atoms with Crippen molar-refractivity contribution in [3.05, 3.63) is 29.8 Å². The van der Waals surface area contributed by atoms with Gasteiger partial charge in [0.05, 0.1) is 12.5 Å². The molecule has 1 aliphatic carbocycles. The first-order chi connectivity index (χ1) is 11.6. The highest BCUT2D eigenvalue weighted by Gasteiger charge is 2.35. The molecule has 2 fully saturated rings. The molecule has 1 aliphatic heterocycles. The molecule has 2 aliphatic rings. The summed E-state index contributed by atoms with van der Waals surface area (Å²) in [5.41, 5.74) is 2.03. The molecule has 3 amide bonds. The number of amides is 3. The fourth-order valence-corrected chi connectivity index (χ4v) is 2.86. The van der Waals surface area contributed by atoms with E-state index in [2.05, 4.69) is 17.6 Å². The average Bonchev–Trinajstić information content (AvgIpc) is 3.31. The molecule has 1 saturated heterocycles. The van der Waals surface area contributed by atoms with Gasteiger partial charge in [0.2, 0.25) is 17.7 Å². The van der Waals surface area contributed by atoms with Crippen molar-refractivity contribution in [1.82, 2.24) is 10.6 Å². The molecular weight excluding hydrogens is 306 g/mol. The van der Waals surface area contributed by atoms with E-state index in [0.717, 1.165) is 24.9 Å². The number of anilines is 1. The highest BCUT2D eigenvalue weighted by atomic mass is 16.2. The number of benzene rings is 1. The van der Waals surface area contributed by atoms with E-state index in [1.807, 2.05) is 24.3 Å². The summed E-state index contributed by atoms with van der Waals surface area (Å²) >= 11 is 0. The first-order valence-corrected chi connectivity index (χ1v) is 8.53. The van der Waals surface area contributed by atoms with Gasteiger partial charge in [-0.25, -0.2) is 0 Å². The third-order valence-electron chi connectivity index (χ3n) is 4.52. The Labute approximate surface area is 141 Å². The highest BCUT2D eigenvalue weighted by Crippen LogP contribution is 2.25. The Bertz CT molecular complexity index is 637. The van der Waals surface area contributed by atoms with Crippen LogP contribution >= 0.6 is 0 Å². The Hall–Kier alpha value is -2.37. The average molecular weight is 329 g/mol. The second kappa shape index (κ2) is 7.03. The van der Waals surface area contributed by atoms with E-state index in [0.29, 0.717) is 6.54 Å². The molecule has 0 aromatic heterocycles. The fourth-order valence-electron chi connectivity index (χ4n) is 2.86. The number of nitrogens with one attached hydrogen (secondary N) is 2. The molecule has 0 unspecified atom stereocenters. The summed E-state index contributed by atoms with van der Waals surface area (Å²) in [5, 5.41) is 5.46. The standard InChI is InChI=1S/C18H23N3O3/c1-2-12-3-7-15(8-4-12)21-11-13(9-17(21)23)18(24)19-10-16(22)20-14-5-6-14/h3-4,7-8,13-14H,2,5-6,9-11H2,1H3,(H,19,24)(H,20,22)/t13-/m1/s1. The minimum atomic E-state index is -0.405. The van der Waals surface area contributed by atoms with E-state index >= 15 is 0 Å². The maximum Gasteiger partial charge on any atom is 0.239 e. The Kier molecular flexibility index (Phi) is 4.83. The van der Waals surface area contributed by atoms with Crippen LogP contribution in [0.3, 0.4) is 0 Å². The molecule has 0 bridgehead atoms. The number of hydrogen-bond acceptors (Lipinski definition) is 3. The lowest BCUT2D eigenvalue weighted by molar-refractivity contribution is -0.129. The van der Waals surface area contributed by atoms with Gasteiger partial charge in [0, 0.05) is 24.7 Å². The molecule has 1 saturated carbocycles. The molecule has 24 heavy (non-hydrogen) atoms. The molecule has 6 nitrogen and oxygen atoms in total. The van der Waals surface area contributed by atoms with Gasteiger partial charge in [-0.15, -0.1) is 0 Å². The smallest absolute Gasteiger partial charge is 0.239 e. The quantitative estimate of drug-likeness (QED) is 0.817. The monoisotopic (exact) mass is 329 g/mol. The minimum Gasteiger partial charge on any atom is -0.352 e. The number of hydrogen-bond donors (Lipinski definition) is 2. The molecule has 1 atom stereocenters. The van der Waals surface area contributed by atoms with Crippen molar-refractivity contribution in [2.45, 2.75) is 38.6 Å². The first kappa shape index (κ1) is 16.5. The van der Waals surface area contributed by atoms with Gasteiger partial charge in [0.15, 0.2) is 0 Å². The second-order valence-corrected chi connectivity index (χ2v) is 6.48. The Morgan fingerprint density at radius 2 is 1.92 bits per heavy atom. The van der Waals surface area contributed by atoms with E-state index in [1.165, 1.54) is 5.56 Å². The molecule has 0 radical (unpaired) electrons. The zero-order valence-electron chi connectivity index (χ0n) is 13.9. The number of aryl methyl sites for hydroxylation is 1. The third-order valence-corrected chi connectivity index (χ3v) is 4.52. The molecule has 128 valence electrons. The fraction of sp³-hybridized carbons (Fsp3) is 0.500. The van der Waals surface area contributed by atoms with Crippen molar-refractivity contribution in [3.8, 4) is 0 Å². The van der Waals surface area contributed by atoms with E-state index in [4.69, 9.17) is 0 Å². The molecule has 1 aromatic rings. The number of carbonyl (C=O) groups excluding carboxylic acids is 3. The van der Waals surface area contributed by atoms with Crippen molar-refractivity contribution in [1.29, 1.82) is 0 Å². The van der Waals surface area contributed by atoms with Crippen LogP contribution in [0.15, 0.2) is 24.3 Å². The summed E-state index contributed by atoms with van der Waals surface area (Å²) in [6.07, 6.45) is 3.17. The normalized spacial score (nSPS) is 20.1. The first-order valence-electron chi connectivity index (χ1n) is 8.53. The molecule has 6 heteroatoms. The van der Waals surface area contributed by atoms with Gasteiger partial charge >= 0.3 is 0 Å². The van der Waals surface area contributed by atoms with Gasteiger partial charge < -0.3 is 15.5 Å². The molecule has 3 rings (SSSR count). The molecule has 0 spiro atoms. The summed E-state index contributed by atoms with van der Waals surface area (Å²) in [6.45, 7) is 2.42. The van der Waals surface area contributed by atoms with Gasteiger partial charge in [0.25, 0.3) is 0 Å². The third kappa shape index (κ3) is 3.93. The minimum absolute atomic E-state index is 0.0226. The van der Waals surface area contributed by atoms with Crippen molar-refractivity contribution in [3.63, 3.8) is 0 Å². The molecule has 1 heterocycles. The van der Waals surface area contributed by atoms with E-state index in [9.17, 15) is 14.4 Å². The zero-order chi connectivity index (χ0) is 17.1. The van der Waals surface area contributed by atoms with Crippen LogP contribution in [0.5, 0.6) is 0 Å². The number of rotatable bonds is 6. The number of nitrogens with zero attached hydrogens (tertiary/aromatic N) is 1. The summed E-state index contributed by atoms with van der Waals surface area (Å²) in [4.78, 5) is 37.7. The summed E-state index contributed by atoms with van der Waals surface area (Å²) in [7, 11) is 0. The zero-order valence-corrected chi connectivity index (χ0v) is 13.9. The van der Waals surface area contributed by atoms with E-state index in [-0.39, 0.29) is 36.7 Å². The molecular formula is C18H23N3O3. The lowest BCUT2D eigenvalue weighted by atomic mass is 10.1. The van der Waals surface area contributed by atoms with Crippen LogP contribution < -0.4 is 15.5 Å². The van der Waals surface area contributed by atoms with Crippen LogP contribution in [0.25, 0.3) is 0 Å². The molecule has 2 N–H and O–H groups in total. The maximum atomic E-state index is 12.2. The topological polar surface area (TPSA) is 78.5 Å². The summed E-state index contributed by atoms with van der Waals surface area (Å²) < 4.78 is 0. The Morgan fingerprint density at radius 1 is 1.21 bits per heavy atom. The molecule has 1 aromatic carbocycles. The lowest BCUT2D eigenvalue weighted by Crippen LogP contribution is -2.40. The van der Waals surface area contributed by atoms with Crippen LogP contribution in [0.4, 0.5) is 5.69 Å². The van der Waals surface area contributed by atoms with Crippen molar-refractivity contribution in [2.75, 3.05) is 18.0 Å². The van der Waals surface area contributed by atoms with Crippen LogP contribution in [0.1, 0.15) is 31.7 Å². The van der Waals surface area contributed by atoms with Crippen LogP contribution in [0.2, 0.25) is 0 Å². The summed E-state index contributed by atoms with van der Waals surface area (Å²) in [5.74, 6) is -0.858. The second-order valence-electron chi connectivity index (χ2n) is 6.48. The summed E-state index contributed by atoms with van der Waals surface area (Å²) in [6, 6.07) is 8.11. The van der Waals surface area contributed by atoms with Crippen molar-refractivity contribution in [2.24, 2.45) is 5.92 Å². The predicted octanol–water partition coefficient (Wildman–Crippen LogP) is 0.997. The highest BCUT2D eigenvalue weighted by molar-refractivity contribution is 6.00. The van der Waals surface area contributed by atoms with Gasteiger partial charge in [-0.3, -0.25) is 14.4 Å². The van der Waals surface area contributed by atoms with Crippen molar-refractivity contribution < 1.29 is 14.4 Å². The predicted molar refractivity (Wildman–Crippen MR) is 90.5 cm³/mol. The maximum absolute atomic E-state index is 12.2. The Balaban J connectivity index is 1.52. The van der Waals surface area contributed by atoms with E-state index < -0.39 is 5.92 Å². The number of carbonyl (C=O) groups is 3. The van der Waals surface area contributed by atoms with Crippen LogP contribution in [-0.2, 0) is 20.8 Å². The van der Waals surface area contributed by atoms with Crippen LogP contribution in [-0.4, -0.2) is 36.9 Å². The Morgan fingerprint density at radius 3 is 2.54 bits per heavy atom. The van der Waals surface area contributed by atoms with Crippen LogP contribution in [0, 0.1) is 5.92 Å². The van der Waals surface area contributed by atoms with Gasteiger partial charge in [0.1, 0.15) is 0 Å². The lowest BCUT2D eigenvalue weighted by Gasteiger charge is -2.17. The van der Waals surface area contributed by atoms with Gasteiger partial charge in [-0.05, 0) is 37.0 Å². The SMILES string of the molecule is CCc1ccc(N2C[C@H](C(=O)NCC(=O)NC3CC3)CC2=O)cc1. The van der Waals surface area contributed by atoms with Gasteiger partial charge in [-0.2, -0.15) is 0 Å². The largest absolute Gasteiger partial charge is 0.352 e. The van der Waals surface area contributed by atoms with Gasteiger partial charge in [-0.1, -0.05) is 19.1 Å².